The normalized spacial score (nSPS) is 17.7. The van der Waals surface area contributed by atoms with Crippen LogP contribution in [-0.4, -0.2) is 93.0 Å². The zero-order valence-electron chi connectivity index (χ0n) is 19.3. The van der Waals surface area contributed by atoms with Crippen molar-refractivity contribution in [2.75, 3.05) is 59.5 Å². The number of halogens is 1. The molecule has 8 nitrogen and oxygen atoms in total. The summed E-state index contributed by atoms with van der Waals surface area (Å²) in [6.45, 7) is 18.4. The first-order valence-electron chi connectivity index (χ1n) is 10.4. The Labute approximate surface area is 194 Å². The van der Waals surface area contributed by atoms with Crippen LogP contribution in [0.3, 0.4) is 0 Å². The molecule has 1 aliphatic heterocycles. The van der Waals surface area contributed by atoms with Gasteiger partial charge in [0.2, 0.25) is 0 Å². The fourth-order valence-electron chi connectivity index (χ4n) is 2.92. The molecule has 0 spiro atoms. The minimum Gasteiger partial charge on any atom is -0.444 e. The first kappa shape index (κ1) is 28.2. The molecule has 0 aromatic carbocycles. The highest BCUT2D eigenvalue weighted by Crippen LogP contribution is 2.10. The lowest BCUT2D eigenvalue weighted by Gasteiger charge is -2.32. The number of nitrogens with zero attached hydrogens (tertiary/aromatic N) is 3. The van der Waals surface area contributed by atoms with Gasteiger partial charge >= 0.3 is 6.09 Å². The van der Waals surface area contributed by atoms with Gasteiger partial charge in [-0.1, -0.05) is 6.92 Å². The summed E-state index contributed by atoms with van der Waals surface area (Å²) in [5, 5.41) is 6.73. The number of rotatable bonds is 8. The number of nitrogens with one attached hydrogen (secondary N) is 2. The van der Waals surface area contributed by atoms with Crippen LogP contribution >= 0.6 is 24.0 Å². The highest BCUT2D eigenvalue weighted by atomic mass is 127. The molecule has 0 aromatic heterocycles. The lowest BCUT2D eigenvalue weighted by atomic mass is 10.2. The maximum atomic E-state index is 12.1. The van der Waals surface area contributed by atoms with Gasteiger partial charge in [-0.15, -0.1) is 24.0 Å². The van der Waals surface area contributed by atoms with E-state index in [4.69, 9.17) is 9.47 Å². The van der Waals surface area contributed by atoms with Gasteiger partial charge in [0.05, 0.1) is 13.2 Å². The number of carbonyl (C=O) groups excluding carboxylic acids is 1. The molecule has 0 bridgehead atoms. The van der Waals surface area contributed by atoms with Gasteiger partial charge in [0.25, 0.3) is 0 Å². The highest BCUT2D eigenvalue weighted by Gasteiger charge is 2.21. The van der Waals surface area contributed by atoms with Gasteiger partial charge in [-0.3, -0.25) is 9.89 Å². The number of carbonyl (C=O) groups is 1. The fraction of sp³-hybridized carbons (Fsp3) is 0.900. The highest BCUT2D eigenvalue weighted by molar-refractivity contribution is 14.0. The summed E-state index contributed by atoms with van der Waals surface area (Å²) >= 11 is 0. The van der Waals surface area contributed by atoms with Gasteiger partial charge in [-0.25, -0.2) is 4.79 Å². The molecule has 1 amide bonds. The minimum absolute atomic E-state index is 0. The fourth-order valence-corrected chi connectivity index (χ4v) is 2.92. The summed E-state index contributed by atoms with van der Waals surface area (Å²) in [6.07, 6.45) is -0.298. The summed E-state index contributed by atoms with van der Waals surface area (Å²) < 4.78 is 10.8. The third-order valence-corrected chi connectivity index (χ3v) is 4.43. The molecule has 1 heterocycles. The van der Waals surface area contributed by atoms with Crippen LogP contribution in [0.4, 0.5) is 4.79 Å². The standard InChI is InChI=1S/C20H41N5O3.HI/c1-8-21-18(23-14-17(3)25-9-11-27-12-10-25)22-13-16(2)15-24(7)19(26)28-20(4,5)6;/h16-17H,8-15H2,1-7H3,(H2,21,22,23);1H. The molecule has 0 radical (unpaired) electrons. The second-order valence-corrected chi connectivity index (χ2v) is 8.56. The number of amides is 1. The Balaban J connectivity index is 0.00000784. The van der Waals surface area contributed by atoms with Crippen molar-refractivity contribution in [3.8, 4) is 0 Å². The number of hydrogen-bond acceptors (Lipinski definition) is 5. The molecule has 2 unspecified atom stereocenters. The van der Waals surface area contributed by atoms with E-state index in [0.717, 1.165) is 45.4 Å². The number of aliphatic imine (C=N–C) groups is 1. The number of ether oxygens (including phenoxy) is 2. The molecule has 29 heavy (non-hydrogen) atoms. The van der Waals surface area contributed by atoms with Crippen LogP contribution in [-0.2, 0) is 9.47 Å². The van der Waals surface area contributed by atoms with Crippen molar-refractivity contribution in [1.82, 2.24) is 20.4 Å². The number of guanidine groups is 1. The SMILES string of the molecule is CCNC(=NCC(C)CN(C)C(=O)OC(C)(C)C)NCC(C)N1CCOCC1.I. The molecule has 0 aromatic rings. The largest absolute Gasteiger partial charge is 0.444 e. The summed E-state index contributed by atoms with van der Waals surface area (Å²) in [7, 11) is 1.77. The number of morpholine rings is 1. The third-order valence-electron chi connectivity index (χ3n) is 4.43. The Kier molecular flexibility index (Phi) is 13.8. The van der Waals surface area contributed by atoms with Crippen LogP contribution in [0.1, 0.15) is 41.5 Å². The smallest absolute Gasteiger partial charge is 0.410 e. The van der Waals surface area contributed by atoms with E-state index in [0.29, 0.717) is 19.1 Å². The van der Waals surface area contributed by atoms with Crippen molar-refractivity contribution in [3.63, 3.8) is 0 Å². The van der Waals surface area contributed by atoms with E-state index in [1.807, 2.05) is 20.8 Å². The second kappa shape index (κ2) is 14.2. The Morgan fingerprint density at radius 1 is 1.24 bits per heavy atom. The van der Waals surface area contributed by atoms with Gasteiger partial charge in [-0.2, -0.15) is 0 Å². The molecule has 0 aliphatic carbocycles. The molecular formula is C20H42IN5O3. The van der Waals surface area contributed by atoms with Gasteiger partial charge in [0, 0.05) is 52.4 Å². The zero-order valence-corrected chi connectivity index (χ0v) is 21.6. The molecule has 2 atom stereocenters. The predicted octanol–water partition coefficient (Wildman–Crippen LogP) is 2.38. The van der Waals surface area contributed by atoms with Crippen molar-refractivity contribution in [2.45, 2.75) is 53.2 Å². The van der Waals surface area contributed by atoms with Crippen molar-refractivity contribution in [1.29, 1.82) is 0 Å². The summed E-state index contributed by atoms with van der Waals surface area (Å²) in [5.41, 5.74) is -0.480. The second-order valence-electron chi connectivity index (χ2n) is 8.56. The van der Waals surface area contributed by atoms with Crippen LogP contribution in [0.15, 0.2) is 4.99 Å². The van der Waals surface area contributed by atoms with Crippen LogP contribution in [0.5, 0.6) is 0 Å². The minimum atomic E-state index is -0.480. The summed E-state index contributed by atoms with van der Waals surface area (Å²) in [4.78, 5) is 20.8. The van der Waals surface area contributed by atoms with E-state index in [2.05, 4.69) is 41.3 Å². The predicted molar refractivity (Wildman–Crippen MR) is 129 cm³/mol. The van der Waals surface area contributed by atoms with Crippen molar-refractivity contribution < 1.29 is 14.3 Å². The molecule has 2 N–H and O–H groups in total. The quantitative estimate of drug-likeness (QED) is 0.287. The molecule has 0 saturated carbocycles. The molecule has 9 heteroatoms. The van der Waals surface area contributed by atoms with Gasteiger partial charge in [-0.05, 0) is 40.5 Å². The van der Waals surface area contributed by atoms with E-state index < -0.39 is 5.60 Å². The third kappa shape index (κ3) is 12.5. The van der Waals surface area contributed by atoms with Gasteiger partial charge in [0.1, 0.15) is 5.60 Å². The topological polar surface area (TPSA) is 78.4 Å². The maximum absolute atomic E-state index is 12.1. The first-order valence-corrected chi connectivity index (χ1v) is 10.4. The zero-order chi connectivity index (χ0) is 21.2. The van der Waals surface area contributed by atoms with E-state index in [1.54, 1.807) is 11.9 Å². The average Bonchev–Trinajstić information content (AvgIpc) is 2.63. The lowest BCUT2D eigenvalue weighted by molar-refractivity contribution is 0.0211. The molecule has 1 fully saturated rings. The Morgan fingerprint density at radius 3 is 2.41 bits per heavy atom. The van der Waals surface area contributed by atoms with Gasteiger partial charge in [0.15, 0.2) is 5.96 Å². The van der Waals surface area contributed by atoms with E-state index in [1.165, 1.54) is 0 Å². The van der Waals surface area contributed by atoms with E-state index >= 15 is 0 Å². The molecule has 1 rings (SSSR count). The van der Waals surface area contributed by atoms with Crippen LogP contribution in [0.25, 0.3) is 0 Å². The van der Waals surface area contributed by atoms with Crippen molar-refractivity contribution in [3.05, 3.63) is 0 Å². The Morgan fingerprint density at radius 2 is 1.86 bits per heavy atom. The van der Waals surface area contributed by atoms with E-state index in [-0.39, 0.29) is 36.0 Å². The van der Waals surface area contributed by atoms with Crippen molar-refractivity contribution >= 4 is 36.0 Å². The van der Waals surface area contributed by atoms with Crippen molar-refractivity contribution in [2.24, 2.45) is 10.9 Å². The maximum Gasteiger partial charge on any atom is 0.410 e. The molecule has 1 aliphatic rings. The molecule has 1 saturated heterocycles. The number of hydrogen-bond donors (Lipinski definition) is 2. The molecule has 172 valence electrons. The van der Waals surface area contributed by atoms with Crippen LogP contribution < -0.4 is 10.6 Å². The Hall–Kier alpha value is -0.810. The monoisotopic (exact) mass is 527 g/mol. The first-order chi connectivity index (χ1) is 13.1. The summed E-state index contributed by atoms with van der Waals surface area (Å²) in [6, 6.07) is 0.420. The van der Waals surface area contributed by atoms with Crippen LogP contribution in [0.2, 0.25) is 0 Å². The van der Waals surface area contributed by atoms with Crippen LogP contribution in [0, 0.1) is 5.92 Å². The average molecular weight is 527 g/mol. The van der Waals surface area contributed by atoms with E-state index in [9.17, 15) is 4.79 Å². The summed E-state index contributed by atoms with van der Waals surface area (Å²) in [5.74, 6) is 1.04. The van der Waals surface area contributed by atoms with Gasteiger partial charge < -0.3 is 25.0 Å². The Bertz CT molecular complexity index is 493. The molecular weight excluding hydrogens is 485 g/mol. The lowest BCUT2D eigenvalue weighted by Crippen LogP contribution is -2.49.